The van der Waals surface area contributed by atoms with Gasteiger partial charge in [-0.05, 0) is 36.2 Å². The molecule has 0 radical (unpaired) electrons. The van der Waals surface area contributed by atoms with Gasteiger partial charge in [0.15, 0.2) is 5.65 Å². The lowest BCUT2D eigenvalue weighted by atomic mass is 10.00. The lowest BCUT2D eigenvalue weighted by Crippen LogP contribution is -2.04. The second-order valence-electron chi connectivity index (χ2n) is 6.31. The first-order valence-corrected chi connectivity index (χ1v) is 8.39. The summed E-state index contributed by atoms with van der Waals surface area (Å²) < 4.78 is 1.92. The van der Waals surface area contributed by atoms with Crippen molar-refractivity contribution < 1.29 is 0 Å². The Labute approximate surface area is 155 Å². The lowest BCUT2D eigenvalue weighted by Gasteiger charge is -2.09. The van der Waals surface area contributed by atoms with Gasteiger partial charge in [0.2, 0.25) is 5.95 Å². The van der Waals surface area contributed by atoms with E-state index in [9.17, 15) is 5.26 Å². The van der Waals surface area contributed by atoms with Crippen molar-refractivity contribution in [3.63, 3.8) is 0 Å². The minimum Gasteiger partial charge on any atom is -0.399 e. The minimum atomic E-state index is 0.165. The van der Waals surface area contributed by atoms with Crippen molar-refractivity contribution in [1.29, 1.82) is 5.26 Å². The van der Waals surface area contributed by atoms with Crippen LogP contribution in [0, 0.1) is 18.3 Å². The molecule has 0 atom stereocenters. The number of nitrogens with zero attached hydrogens (tertiary/aromatic N) is 5. The Kier molecular flexibility index (Phi) is 3.94. The molecule has 7 nitrogen and oxygen atoms in total. The average Bonchev–Trinajstić information content (AvgIpc) is 3.06. The van der Waals surface area contributed by atoms with E-state index in [1.54, 1.807) is 12.4 Å². The number of benzene rings is 2. The van der Waals surface area contributed by atoms with Crippen molar-refractivity contribution in [3.8, 4) is 17.3 Å². The summed E-state index contributed by atoms with van der Waals surface area (Å²) in [5, 5.41) is 9.31. The van der Waals surface area contributed by atoms with E-state index in [4.69, 9.17) is 11.5 Å². The fourth-order valence-corrected chi connectivity index (χ4v) is 3.10. The molecule has 0 unspecified atom stereocenters. The molecular weight excluding hydrogens is 338 g/mol. The Hall–Kier alpha value is -3.92. The van der Waals surface area contributed by atoms with Crippen LogP contribution >= 0.6 is 0 Å². The van der Waals surface area contributed by atoms with Crippen LogP contribution in [0.2, 0.25) is 0 Å². The van der Waals surface area contributed by atoms with Gasteiger partial charge in [-0.2, -0.15) is 10.2 Å². The number of aromatic nitrogens is 4. The molecule has 7 heteroatoms. The standard InChI is InChI=1S/C20H17N7/c1-12-14(9-21)3-2-4-16(12)17-18-19(26-20(23)25-17)27(11-24-18)10-13-5-7-15(22)8-6-13/h2-8,11H,10,22H2,1H3,(H2,23,25,26). The van der Waals surface area contributed by atoms with Crippen LogP contribution in [0.25, 0.3) is 22.4 Å². The third-order valence-electron chi connectivity index (χ3n) is 4.52. The Morgan fingerprint density at radius 3 is 2.59 bits per heavy atom. The maximum Gasteiger partial charge on any atom is 0.222 e. The third kappa shape index (κ3) is 2.93. The average molecular weight is 355 g/mol. The Morgan fingerprint density at radius 2 is 1.85 bits per heavy atom. The number of imidazole rings is 1. The largest absolute Gasteiger partial charge is 0.399 e. The molecule has 0 aliphatic heterocycles. The van der Waals surface area contributed by atoms with Crippen molar-refractivity contribution in [1.82, 2.24) is 19.5 Å². The fourth-order valence-electron chi connectivity index (χ4n) is 3.10. The van der Waals surface area contributed by atoms with Gasteiger partial charge in [0, 0.05) is 11.3 Å². The molecular formula is C20H17N7. The first-order chi connectivity index (χ1) is 13.1. The maximum atomic E-state index is 9.31. The van der Waals surface area contributed by atoms with Gasteiger partial charge in [0.25, 0.3) is 0 Å². The fraction of sp³-hybridized carbons (Fsp3) is 0.100. The Balaban J connectivity index is 1.86. The van der Waals surface area contributed by atoms with Gasteiger partial charge in [0.1, 0.15) is 11.2 Å². The molecule has 0 fully saturated rings. The van der Waals surface area contributed by atoms with E-state index in [2.05, 4.69) is 21.0 Å². The van der Waals surface area contributed by atoms with Gasteiger partial charge >= 0.3 is 0 Å². The quantitative estimate of drug-likeness (QED) is 0.545. The van der Waals surface area contributed by atoms with E-state index in [-0.39, 0.29) is 5.95 Å². The van der Waals surface area contributed by atoms with E-state index >= 15 is 0 Å². The second kappa shape index (κ2) is 6.42. The number of fused-ring (bicyclic) bond motifs is 1. The van der Waals surface area contributed by atoms with Gasteiger partial charge < -0.3 is 16.0 Å². The van der Waals surface area contributed by atoms with Crippen LogP contribution in [0.3, 0.4) is 0 Å². The second-order valence-corrected chi connectivity index (χ2v) is 6.31. The van der Waals surface area contributed by atoms with Crippen LogP contribution in [0.15, 0.2) is 48.8 Å². The summed E-state index contributed by atoms with van der Waals surface area (Å²) in [6.07, 6.45) is 1.72. The van der Waals surface area contributed by atoms with Crippen LogP contribution in [-0.2, 0) is 6.54 Å². The topological polar surface area (TPSA) is 119 Å². The van der Waals surface area contributed by atoms with Gasteiger partial charge in [-0.15, -0.1) is 0 Å². The number of nitrogen functional groups attached to an aromatic ring is 2. The predicted molar refractivity (Wildman–Crippen MR) is 105 cm³/mol. The molecule has 2 aromatic heterocycles. The monoisotopic (exact) mass is 355 g/mol. The van der Waals surface area contributed by atoms with Crippen molar-refractivity contribution in [2.24, 2.45) is 0 Å². The summed E-state index contributed by atoms with van der Waals surface area (Å²) in [7, 11) is 0. The molecule has 0 spiro atoms. The van der Waals surface area contributed by atoms with Crippen molar-refractivity contribution >= 4 is 22.8 Å². The normalized spacial score (nSPS) is 10.8. The molecule has 2 heterocycles. The van der Waals surface area contributed by atoms with E-state index < -0.39 is 0 Å². The number of anilines is 2. The van der Waals surface area contributed by atoms with E-state index in [1.165, 1.54) is 0 Å². The van der Waals surface area contributed by atoms with Crippen molar-refractivity contribution in [3.05, 3.63) is 65.5 Å². The first kappa shape index (κ1) is 16.5. The summed E-state index contributed by atoms with van der Waals surface area (Å²) >= 11 is 0. The Bertz CT molecular complexity index is 1180. The first-order valence-electron chi connectivity index (χ1n) is 8.39. The minimum absolute atomic E-state index is 0.165. The summed E-state index contributed by atoms with van der Waals surface area (Å²) in [6, 6.07) is 15.4. The summed E-state index contributed by atoms with van der Waals surface area (Å²) in [6.45, 7) is 2.48. The highest BCUT2D eigenvalue weighted by atomic mass is 15.1. The molecule has 4 rings (SSSR count). The van der Waals surface area contributed by atoms with Crippen molar-refractivity contribution in [2.75, 3.05) is 11.5 Å². The number of nitrogens with two attached hydrogens (primary N) is 2. The van der Waals surface area contributed by atoms with Crippen LogP contribution in [0.4, 0.5) is 11.6 Å². The molecule has 0 aliphatic carbocycles. The SMILES string of the molecule is Cc1c(C#N)cccc1-c1nc(N)nc2c1ncn2Cc1ccc(N)cc1. The molecule has 0 saturated carbocycles. The highest BCUT2D eigenvalue weighted by Gasteiger charge is 2.16. The number of rotatable bonds is 3. The van der Waals surface area contributed by atoms with Crippen molar-refractivity contribution in [2.45, 2.75) is 13.5 Å². The van der Waals surface area contributed by atoms with Crippen LogP contribution < -0.4 is 11.5 Å². The maximum absolute atomic E-state index is 9.31. The highest BCUT2D eigenvalue weighted by molar-refractivity contribution is 5.89. The Morgan fingerprint density at radius 1 is 1.07 bits per heavy atom. The lowest BCUT2D eigenvalue weighted by molar-refractivity contribution is 0.814. The predicted octanol–water partition coefficient (Wildman–Crippen LogP) is 2.89. The molecule has 2 aromatic carbocycles. The zero-order valence-corrected chi connectivity index (χ0v) is 14.7. The zero-order valence-electron chi connectivity index (χ0n) is 14.7. The number of hydrogen-bond acceptors (Lipinski definition) is 6. The van der Waals surface area contributed by atoms with Gasteiger partial charge in [-0.25, -0.2) is 9.97 Å². The van der Waals surface area contributed by atoms with Gasteiger partial charge in [-0.3, -0.25) is 0 Å². The molecule has 132 valence electrons. The smallest absolute Gasteiger partial charge is 0.222 e. The van der Waals surface area contributed by atoms with Gasteiger partial charge in [-0.1, -0.05) is 24.3 Å². The van der Waals surface area contributed by atoms with E-state index in [1.807, 2.05) is 47.9 Å². The molecule has 0 bridgehead atoms. The summed E-state index contributed by atoms with van der Waals surface area (Å²) in [5.74, 6) is 0.165. The molecule has 0 saturated heterocycles. The molecule has 4 aromatic rings. The molecule has 0 aliphatic rings. The molecule has 0 amide bonds. The highest BCUT2D eigenvalue weighted by Crippen LogP contribution is 2.30. The van der Waals surface area contributed by atoms with Gasteiger partial charge in [0.05, 0.1) is 24.5 Å². The van der Waals surface area contributed by atoms with E-state index in [0.717, 1.165) is 22.4 Å². The van der Waals surface area contributed by atoms with E-state index in [0.29, 0.717) is 29.0 Å². The summed E-state index contributed by atoms with van der Waals surface area (Å²) in [4.78, 5) is 13.3. The van der Waals surface area contributed by atoms with Crippen LogP contribution in [0.5, 0.6) is 0 Å². The van der Waals surface area contributed by atoms with Crippen LogP contribution in [-0.4, -0.2) is 19.5 Å². The number of hydrogen-bond donors (Lipinski definition) is 2. The zero-order chi connectivity index (χ0) is 19.0. The molecule has 27 heavy (non-hydrogen) atoms. The third-order valence-corrected chi connectivity index (χ3v) is 4.52. The number of nitriles is 1. The molecule has 4 N–H and O–H groups in total. The summed E-state index contributed by atoms with van der Waals surface area (Å²) in [5.41, 5.74) is 17.7. The van der Waals surface area contributed by atoms with Crippen LogP contribution in [0.1, 0.15) is 16.7 Å².